The maximum Gasteiger partial charge on any atom is 0.255 e. The van der Waals surface area contributed by atoms with Crippen LogP contribution in [0.5, 0.6) is 5.75 Å². The monoisotopic (exact) mass is 460 g/mol. The standard InChI is InChI=1S/C25H27N3O5/c29-23-9-8-21(24(30)26-23)28-15-20-19(25(28)31)2-1-3-22(20)33-16-18-6-4-17(5-7-18)14-27-10-12-32-13-11-27/h1-7,21H,8-16H2,(H,26,29,30)/t21-/m1/s1/i8D2,9D2,14D2,15D2,16D2,21D. The maximum absolute atomic E-state index is 13.5. The van der Waals surface area contributed by atoms with Crippen molar-refractivity contribution in [1.82, 2.24) is 15.1 Å². The summed E-state index contributed by atoms with van der Waals surface area (Å²) < 4.78 is 104. The first kappa shape index (κ1) is 12.3. The minimum Gasteiger partial charge on any atom is -0.489 e. The molecule has 33 heavy (non-hydrogen) atoms. The van der Waals surface area contributed by atoms with Gasteiger partial charge in [-0.2, -0.15) is 0 Å². The molecule has 2 aromatic rings. The van der Waals surface area contributed by atoms with Crippen LogP contribution in [0.2, 0.25) is 0 Å². The summed E-state index contributed by atoms with van der Waals surface area (Å²) in [5.74, 6) is -5.37. The van der Waals surface area contributed by atoms with Crippen LogP contribution in [0.3, 0.4) is 0 Å². The zero-order valence-corrected chi connectivity index (χ0v) is 17.3. The van der Waals surface area contributed by atoms with E-state index in [9.17, 15) is 14.4 Å². The second-order valence-electron chi connectivity index (χ2n) is 7.31. The van der Waals surface area contributed by atoms with Crippen LogP contribution in [-0.4, -0.2) is 59.8 Å². The van der Waals surface area contributed by atoms with E-state index in [1.807, 2.05) is 0 Å². The van der Waals surface area contributed by atoms with Crippen molar-refractivity contribution in [2.24, 2.45) is 0 Å². The second kappa shape index (κ2) is 9.33. The van der Waals surface area contributed by atoms with Crippen LogP contribution < -0.4 is 10.1 Å². The molecule has 0 aliphatic carbocycles. The van der Waals surface area contributed by atoms with Gasteiger partial charge in [0.25, 0.3) is 5.91 Å². The van der Waals surface area contributed by atoms with Crippen LogP contribution in [0, 0.1) is 0 Å². The second-order valence-corrected chi connectivity index (χ2v) is 7.31. The fourth-order valence-corrected chi connectivity index (χ4v) is 3.46. The molecule has 0 aromatic heterocycles. The van der Waals surface area contributed by atoms with Crippen molar-refractivity contribution in [3.63, 3.8) is 0 Å². The Morgan fingerprint density at radius 3 is 2.67 bits per heavy atom. The van der Waals surface area contributed by atoms with Crippen molar-refractivity contribution in [2.45, 2.75) is 38.3 Å². The van der Waals surface area contributed by atoms with Crippen LogP contribution in [0.4, 0.5) is 0 Å². The molecule has 3 aliphatic heterocycles. The molecule has 5 rings (SSSR count). The van der Waals surface area contributed by atoms with Gasteiger partial charge in [0.1, 0.15) is 18.3 Å². The Hall–Kier alpha value is -3.23. The van der Waals surface area contributed by atoms with E-state index in [-0.39, 0.29) is 16.0 Å². The van der Waals surface area contributed by atoms with Crippen LogP contribution >= 0.6 is 0 Å². The van der Waals surface area contributed by atoms with Gasteiger partial charge in [0.05, 0.1) is 26.6 Å². The number of carbonyl (C=O) groups excluding carboxylic acids is 3. The number of rotatable bonds is 6. The summed E-state index contributed by atoms with van der Waals surface area (Å²) in [5.41, 5.74) is -0.979. The lowest BCUT2D eigenvalue weighted by atomic mass is 10.0. The number of nitrogens with zero attached hydrogens (tertiary/aromatic N) is 2. The number of piperidine rings is 1. The Balaban J connectivity index is 1.49. The highest BCUT2D eigenvalue weighted by Crippen LogP contribution is 2.34. The molecular weight excluding hydrogens is 422 g/mol. The van der Waals surface area contributed by atoms with Crippen LogP contribution in [0.15, 0.2) is 42.5 Å². The topological polar surface area (TPSA) is 88.2 Å². The molecule has 8 nitrogen and oxygen atoms in total. The molecule has 0 radical (unpaired) electrons. The molecule has 8 heteroatoms. The third-order valence-electron chi connectivity index (χ3n) is 5.11. The number of nitrogens with one attached hydrogen (secondary N) is 1. The minimum absolute atomic E-state index is 0.0926. The summed E-state index contributed by atoms with van der Waals surface area (Å²) >= 11 is 0. The maximum atomic E-state index is 13.5. The van der Waals surface area contributed by atoms with Gasteiger partial charge in [-0.3, -0.25) is 24.6 Å². The van der Waals surface area contributed by atoms with Gasteiger partial charge in [-0.1, -0.05) is 30.3 Å². The van der Waals surface area contributed by atoms with Gasteiger partial charge in [0.15, 0.2) is 0 Å². The third kappa shape index (κ3) is 4.62. The lowest BCUT2D eigenvalue weighted by molar-refractivity contribution is -0.136. The van der Waals surface area contributed by atoms with Crippen molar-refractivity contribution < 1.29 is 38.9 Å². The number of fused-ring (bicyclic) bond motifs is 1. The molecule has 1 atom stereocenters. The number of benzene rings is 2. The third-order valence-corrected chi connectivity index (χ3v) is 5.11. The minimum atomic E-state index is -3.73. The number of hydrogen-bond donors (Lipinski definition) is 1. The van der Waals surface area contributed by atoms with Crippen LogP contribution in [0.1, 0.15) is 54.9 Å². The van der Waals surface area contributed by atoms with Gasteiger partial charge in [-0.15, -0.1) is 0 Å². The van der Waals surface area contributed by atoms with Gasteiger partial charge in [0.2, 0.25) is 11.8 Å². The molecule has 0 spiro atoms. The molecule has 0 bridgehead atoms. The van der Waals surface area contributed by atoms with E-state index in [0.29, 0.717) is 26.3 Å². The highest BCUT2D eigenvalue weighted by atomic mass is 16.5. The van der Waals surface area contributed by atoms with Crippen LogP contribution in [0.25, 0.3) is 0 Å². The number of imide groups is 1. The van der Waals surface area contributed by atoms with E-state index in [2.05, 4.69) is 0 Å². The summed E-state index contributed by atoms with van der Waals surface area (Å²) in [7, 11) is 0. The first-order valence-electron chi connectivity index (χ1n) is 15.7. The average Bonchev–Trinajstić information content (AvgIpc) is 3.17. The molecule has 2 fully saturated rings. The Kier molecular flexibility index (Phi) is 3.48. The van der Waals surface area contributed by atoms with Crippen molar-refractivity contribution >= 4 is 17.7 Å². The molecule has 3 amide bonds. The lowest BCUT2D eigenvalue weighted by Crippen LogP contribution is -2.52. The van der Waals surface area contributed by atoms with E-state index >= 15 is 0 Å². The number of hydrogen-bond acceptors (Lipinski definition) is 6. The lowest BCUT2D eigenvalue weighted by Gasteiger charge is -2.29. The van der Waals surface area contributed by atoms with Crippen molar-refractivity contribution in [1.29, 1.82) is 0 Å². The predicted molar refractivity (Wildman–Crippen MR) is 119 cm³/mol. The Bertz CT molecular complexity index is 1530. The average molecular weight is 461 g/mol. The number of morpholine rings is 1. The number of ether oxygens (including phenoxy) is 2. The summed E-state index contributed by atoms with van der Waals surface area (Å²) in [6, 6.07) is 5.19. The summed E-state index contributed by atoms with van der Waals surface area (Å²) in [6.07, 6.45) is -7.25. The van der Waals surface area contributed by atoms with Gasteiger partial charge in [0, 0.05) is 45.3 Å². The van der Waals surface area contributed by atoms with Crippen LogP contribution in [-0.2, 0) is 33.9 Å². The molecule has 3 heterocycles. The van der Waals surface area contributed by atoms with Crippen molar-refractivity contribution in [3.8, 4) is 5.75 Å². The molecule has 2 saturated heterocycles. The smallest absolute Gasteiger partial charge is 0.255 e. The molecule has 3 aliphatic rings. The van der Waals surface area contributed by atoms with E-state index < -0.39 is 72.9 Å². The van der Waals surface area contributed by atoms with Crippen molar-refractivity contribution in [2.75, 3.05) is 26.3 Å². The number of amides is 3. The highest BCUT2D eigenvalue weighted by Gasteiger charge is 2.40. The fraction of sp³-hybridized carbons (Fsp3) is 0.400. The zero-order valence-electron chi connectivity index (χ0n) is 28.3. The largest absolute Gasteiger partial charge is 0.489 e. The van der Waals surface area contributed by atoms with Gasteiger partial charge in [-0.05, 0) is 29.6 Å². The number of carbonyl (C=O) groups is 3. The normalized spacial score (nSPS) is 33.8. The van der Waals surface area contributed by atoms with Gasteiger partial charge < -0.3 is 14.4 Å². The first-order chi connectivity index (χ1) is 20.2. The quantitative estimate of drug-likeness (QED) is 0.662. The zero-order chi connectivity index (χ0) is 32.7. The van der Waals surface area contributed by atoms with E-state index in [1.165, 1.54) is 35.6 Å². The molecule has 2 aromatic carbocycles. The first-order valence-corrected chi connectivity index (χ1v) is 10.2. The van der Waals surface area contributed by atoms with E-state index in [0.717, 1.165) is 12.1 Å². The van der Waals surface area contributed by atoms with E-state index in [1.54, 1.807) is 4.90 Å². The van der Waals surface area contributed by atoms with Gasteiger partial charge >= 0.3 is 0 Å². The van der Waals surface area contributed by atoms with E-state index in [4.69, 9.17) is 24.6 Å². The summed E-state index contributed by atoms with van der Waals surface area (Å²) in [4.78, 5) is 40.0. The van der Waals surface area contributed by atoms with Crippen molar-refractivity contribution in [3.05, 3.63) is 64.7 Å². The molecule has 1 N–H and O–H groups in total. The Labute approximate surface area is 207 Å². The fourth-order valence-electron chi connectivity index (χ4n) is 3.46. The Morgan fingerprint density at radius 2 is 1.88 bits per heavy atom. The van der Waals surface area contributed by atoms with Gasteiger partial charge in [-0.25, -0.2) is 0 Å². The highest BCUT2D eigenvalue weighted by molar-refractivity contribution is 6.05. The predicted octanol–water partition coefficient (Wildman–Crippen LogP) is 1.86. The summed E-state index contributed by atoms with van der Waals surface area (Å²) in [6.45, 7) is -6.34. The molecule has 0 unspecified atom stereocenters. The molecule has 0 saturated carbocycles. The SMILES string of the molecule is [2H]C([2H])(Oc1cccc2c1C([2H])([2H])N([C@@]1([2H])C(=O)NC(=O)C([2H])([2H])C1([2H])[2H])C2=O)c1ccc(C([2H])([2H])N2CCOCC2)cc1. The Morgan fingerprint density at radius 1 is 1.12 bits per heavy atom. The molecular formula is C25H27N3O5. The summed E-state index contributed by atoms with van der Waals surface area (Å²) in [5, 5.41) is 1.52. The molecule has 172 valence electrons.